The van der Waals surface area contributed by atoms with Crippen molar-refractivity contribution in [1.82, 2.24) is 4.31 Å². The van der Waals surface area contributed by atoms with Gasteiger partial charge in [0.15, 0.2) is 0 Å². The van der Waals surface area contributed by atoms with Crippen molar-refractivity contribution >= 4 is 26.0 Å². The fourth-order valence-electron chi connectivity index (χ4n) is 2.38. The summed E-state index contributed by atoms with van der Waals surface area (Å²) in [5.41, 5.74) is 0.723. The van der Waals surface area contributed by atoms with Gasteiger partial charge in [-0.3, -0.25) is 0 Å². The van der Waals surface area contributed by atoms with Crippen molar-refractivity contribution in [3.63, 3.8) is 0 Å². The molecular formula is C14H20BrNO4S. The van der Waals surface area contributed by atoms with Gasteiger partial charge in [0.1, 0.15) is 0 Å². The summed E-state index contributed by atoms with van der Waals surface area (Å²) in [5, 5.41) is 9.29. The van der Waals surface area contributed by atoms with Crippen LogP contribution in [0.25, 0.3) is 0 Å². The average Bonchev–Trinajstić information content (AvgIpc) is 2.40. The van der Waals surface area contributed by atoms with E-state index in [-0.39, 0.29) is 11.5 Å². The van der Waals surface area contributed by atoms with Crippen molar-refractivity contribution in [3.05, 3.63) is 27.7 Å². The molecule has 0 amide bonds. The quantitative estimate of drug-likeness (QED) is 0.874. The maximum atomic E-state index is 12.9. The van der Waals surface area contributed by atoms with Crippen LogP contribution in [0.15, 0.2) is 21.5 Å². The SMILES string of the molecule is Cc1c(Br)cc(CO)cc1S(=O)(=O)N1CCOC(C)(C)C1. The zero-order valence-corrected chi connectivity index (χ0v) is 14.8. The Balaban J connectivity index is 2.47. The van der Waals surface area contributed by atoms with Gasteiger partial charge < -0.3 is 9.84 Å². The van der Waals surface area contributed by atoms with Crippen LogP contribution in [-0.4, -0.2) is 43.1 Å². The van der Waals surface area contributed by atoms with Crippen molar-refractivity contribution in [1.29, 1.82) is 0 Å². The van der Waals surface area contributed by atoms with E-state index in [9.17, 15) is 13.5 Å². The number of aliphatic hydroxyl groups is 1. The number of morpholine rings is 1. The Morgan fingerprint density at radius 1 is 1.43 bits per heavy atom. The van der Waals surface area contributed by atoms with Crippen LogP contribution in [0.3, 0.4) is 0 Å². The highest BCUT2D eigenvalue weighted by Gasteiger charge is 2.35. The molecule has 0 bridgehead atoms. The third-order valence-electron chi connectivity index (χ3n) is 3.55. The number of ether oxygens (including phenoxy) is 1. The summed E-state index contributed by atoms with van der Waals surface area (Å²) in [6.45, 7) is 6.34. The van der Waals surface area contributed by atoms with Crippen molar-refractivity contribution in [3.8, 4) is 0 Å². The van der Waals surface area contributed by atoms with E-state index >= 15 is 0 Å². The maximum absolute atomic E-state index is 12.9. The number of aliphatic hydroxyl groups excluding tert-OH is 1. The van der Waals surface area contributed by atoms with Gasteiger partial charge in [0.25, 0.3) is 0 Å². The van der Waals surface area contributed by atoms with Crippen LogP contribution in [0.5, 0.6) is 0 Å². The Labute approximate surface area is 134 Å². The van der Waals surface area contributed by atoms with E-state index in [0.717, 1.165) is 0 Å². The molecule has 1 aromatic carbocycles. The van der Waals surface area contributed by atoms with Crippen LogP contribution >= 0.6 is 15.9 Å². The molecule has 118 valence electrons. The summed E-state index contributed by atoms with van der Waals surface area (Å²) in [6, 6.07) is 3.27. The molecule has 2 rings (SSSR count). The second kappa shape index (κ2) is 5.96. The third-order valence-corrected chi connectivity index (χ3v) is 6.34. The summed E-state index contributed by atoms with van der Waals surface area (Å²) in [6.07, 6.45) is 0. The van der Waals surface area contributed by atoms with E-state index < -0.39 is 15.6 Å². The molecule has 0 aromatic heterocycles. The first kappa shape index (κ1) is 16.9. The van der Waals surface area contributed by atoms with Gasteiger partial charge in [-0.05, 0) is 44.0 Å². The minimum Gasteiger partial charge on any atom is -0.392 e. The van der Waals surface area contributed by atoms with Gasteiger partial charge >= 0.3 is 0 Å². The molecule has 1 aliphatic rings. The lowest BCUT2D eigenvalue weighted by molar-refractivity contribution is -0.0640. The molecule has 21 heavy (non-hydrogen) atoms. The topological polar surface area (TPSA) is 66.8 Å². The lowest BCUT2D eigenvalue weighted by Gasteiger charge is -2.37. The molecule has 7 heteroatoms. The molecule has 1 fully saturated rings. The van der Waals surface area contributed by atoms with Gasteiger partial charge in [-0.25, -0.2) is 8.42 Å². The monoisotopic (exact) mass is 377 g/mol. The molecule has 1 aromatic rings. The Bertz CT molecular complexity index is 643. The minimum atomic E-state index is -3.61. The molecule has 0 spiro atoms. The van der Waals surface area contributed by atoms with Gasteiger partial charge in [0.05, 0.1) is 23.7 Å². The Kier molecular flexibility index (Phi) is 4.80. The van der Waals surface area contributed by atoms with Crippen LogP contribution in [0, 0.1) is 6.92 Å². The summed E-state index contributed by atoms with van der Waals surface area (Å²) in [4.78, 5) is 0.235. The van der Waals surface area contributed by atoms with Gasteiger partial charge in [-0.15, -0.1) is 0 Å². The van der Waals surface area contributed by atoms with Gasteiger partial charge in [0.2, 0.25) is 10.0 Å². The second-order valence-electron chi connectivity index (χ2n) is 5.81. The minimum absolute atomic E-state index is 0.198. The first-order chi connectivity index (χ1) is 9.67. The van der Waals surface area contributed by atoms with E-state index in [0.29, 0.717) is 35.3 Å². The number of halogens is 1. The van der Waals surface area contributed by atoms with Crippen LogP contribution in [-0.2, 0) is 21.4 Å². The molecule has 0 atom stereocenters. The van der Waals surface area contributed by atoms with Crippen LogP contribution in [0.2, 0.25) is 0 Å². The van der Waals surface area contributed by atoms with Crippen molar-refractivity contribution < 1.29 is 18.3 Å². The molecule has 5 nitrogen and oxygen atoms in total. The Hall–Kier alpha value is -0.470. The fraction of sp³-hybridized carbons (Fsp3) is 0.571. The number of sulfonamides is 1. The number of nitrogens with zero attached hydrogens (tertiary/aromatic N) is 1. The zero-order valence-electron chi connectivity index (χ0n) is 12.4. The molecule has 1 N–H and O–H groups in total. The maximum Gasteiger partial charge on any atom is 0.243 e. The van der Waals surface area contributed by atoms with E-state index in [4.69, 9.17) is 4.74 Å². The largest absolute Gasteiger partial charge is 0.392 e. The van der Waals surface area contributed by atoms with Crippen molar-refractivity contribution in [2.75, 3.05) is 19.7 Å². The molecule has 0 unspecified atom stereocenters. The average molecular weight is 378 g/mol. The Morgan fingerprint density at radius 3 is 2.67 bits per heavy atom. The lowest BCUT2D eigenvalue weighted by Crippen LogP contribution is -2.50. The van der Waals surface area contributed by atoms with Crippen LogP contribution in [0.1, 0.15) is 25.0 Å². The van der Waals surface area contributed by atoms with Crippen LogP contribution in [0.4, 0.5) is 0 Å². The predicted molar refractivity (Wildman–Crippen MR) is 83.6 cm³/mol. The summed E-state index contributed by atoms with van der Waals surface area (Å²) in [5.74, 6) is 0. The first-order valence-corrected chi connectivity index (χ1v) is 8.95. The number of rotatable bonds is 3. The third kappa shape index (κ3) is 3.48. The Morgan fingerprint density at radius 2 is 2.10 bits per heavy atom. The molecule has 0 saturated carbocycles. The lowest BCUT2D eigenvalue weighted by atomic mass is 10.1. The molecule has 0 aliphatic carbocycles. The highest BCUT2D eigenvalue weighted by molar-refractivity contribution is 9.10. The predicted octanol–water partition coefficient (Wildman–Crippen LogP) is 2.05. The van der Waals surface area contributed by atoms with E-state index in [1.54, 1.807) is 13.0 Å². The zero-order chi connectivity index (χ0) is 15.8. The molecule has 1 saturated heterocycles. The van der Waals surface area contributed by atoms with Crippen LogP contribution < -0.4 is 0 Å². The highest BCUT2D eigenvalue weighted by Crippen LogP contribution is 2.30. The summed E-state index contributed by atoms with van der Waals surface area (Å²) >= 11 is 3.36. The number of hydrogen-bond donors (Lipinski definition) is 1. The molecular weight excluding hydrogens is 358 g/mol. The van der Waals surface area contributed by atoms with Gasteiger partial charge in [-0.1, -0.05) is 15.9 Å². The standard InChI is InChI=1S/C14H20BrNO4S/c1-10-12(15)6-11(8-17)7-13(10)21(18,19)16-4-5-20-14(2,3)9-16/h6-7,17H,4-5,8-9H2,1-3H3. The summed E-state index contributed by atoms with van der Waals surface area (Å²) < 4.78 is 33.5. The normalized spacial score (nSPS) is 19.7. The first-order valence-electron chi connectivity index (χ1n) is 6.71. The number of hydrogen-bond acceptors (Lipinski definition) is 4. The molecule has 0 radical (unpaired) electrons. The van der Waals surface area contributed by atoms with Gasteiger partial charge in [0, 0.05) is 17.6 Å². The molecule has 1 aliphatic heterocycles. The van der Waals surface area contributed by atoms with Crippen molar-refractivity contribution in [2.24, 2.45) is 0 Å². The van der Waals surface area contributed by atoms with E-state index in [1.165, 1.54) is 10.4 Å². The second-order valence-corrected chi connectivity index (χ2v) is 8.57. The molecule has 1 heterocycles. The van der Waals surface area contributed by atoms with Gasteiger partial charge in [-0.2, -0.15) is 4.31 Å². The van der Waals surface area contributed by atoms with E-state index in [1.807, 2.05) is 13.8 Å². The van der Waals surface area contributed by atoms with E-state index in [2.05, 4.69) is 15.9 Å². The summed E-state index contributed by atoms with van der Waals surface area (Å²) in [7, 11) is -3.61. The number of benzene rings is 1. The fourth-order valence-corrected chi connectivity index (χ4v) is 4.89. The highest BCUT2D eigenvalue weighted by atomic mass is 79.9. The van der Waals surface area contributed by atoms with Crippen molar-refractivity contribution in [2.45, 2.75) is 37.9 Å². The smallest absolute Gasteiger partial charge is 0.243 e.